The van der Waals surface area contributed by atoms with Crippen LogP contribution >= 0.6 is 11.6 Å². The lowest BCUT2D eigenvalue weighted by Crippen LogP contribution is -2.11. The van der Waals surface area contributed by atoms with Crippen molar-refractivity contribution in [3.8, 4) is 11.5 Å². The lowest BCUT2D eigenvalue weighted by Gasteiger charge is -2.09. The van der Waals surface area contributed by atoms with Gasteiger partial charge in [-0.1, -0.05) is 30.7 Å². The van der Waals surface area contributed by atoms with Crippen LogP contribution in [0.25, 0.3) is 0 Å². The topological polar surface area (TPSA) is 21.3 Å². The van der Waals surface area contributed by atoms with Crippen molar-refractivity contribution in [2.24, 2.45) is 0 Å². The van der Waals surface area contributed by atoms with Gasteiger partial charge in [0.1, 0.15) is 17.3 Å². The maximum Gasteiger partial charge on any atom is 0.146 e. The second kappa shape index (κ2) is 6.55. The number of ether oxygens (including phenoxy) is 1. The number of hydrogen-bond donors (Lipinski definition) is 1. The lowest BCUT2D eigenvalue weighted by atomic mass is 10.2. The van der Waals surface area contributed by atoms with Crippen LogP contribution < -0.4 is 10.1 Å². The van der Waals surface area contributed by atoms with Crippen LogP contribution in [0.15, 0.2) is 42.5 Å². The molecule has 0 radical (unpaired) electrons. The van der Waals surface area contributed by atoms with Gasteiger partial charge in [0.2, 0.25) is 0 Å². The number of benzene rings is 2. The molecule has 0 fully saturated rings. The molecular formula is C15H15ClFNO. The van der Waals surface area contributed by atoms with Crippen molar-refractivity contribution < 1.29 is 9.13 Å². The molecule has 2 aromatic rings. The molecule has 4 heteroatoms. The molecule has 0 atom stereocenters. The summed E-state index contributed by atoms with van der Waals surface area (Å²) in [6.45, 7) is 3.71. The molecule has 0 saturated heterocycles. The minimum atomic E-state index is -0.336. The van der Waals surface area contributed by atoms with Gasteiger partial charge in [-0.25, -0.2) is 4.39 Å². The zero-order valence-electron chi connectivity index (χ0n) is 10.6. The Balaban J connectivity index is 2.13. The average Bonchev–Trinajstić information content (AvgIpc) is 2.39. The fraction of sp³-hybridized carbons (Fsp3) is 0.200. The molecule has 0 spiro atoms. The van der Waals surface area contributed by atoms with Crippen LogP contribution in [0.2, 0.25) is 5.02 Å². The Hall–Kier alpha value is -1.58. The summed E-state index contributed by atoms with van der Waals surface area (Å²) >= 11 is 6.15. The van der Waals surface area contributed by atoms with Crippen molar-refractivity contribution in [1.29, 1.82) is 0 Å². The maximum absolute atomic E-state index is 13.1. The third kappa shape index (κ3) is 3.94. The van der Waals surface area contributed by atoms with E-state index in [0.717, 1.165) is 18.7 Å². The normalized spacial score (nSPS) is 10.5. The van der Waals surface area contributed by atoms with Gasteiger partial charge in [0, 0.05) is 12.6 Å². The van der Waals surface area contributed by atoms with Crippen molar-refractivity contribution >= 4 is 11.6 Å². The Kier molecular flexibility index (Phi) is 4.77. The van der Waals surface area contributed by atoms with Gasteiger partial charge in [0.25, 0.3) is 0 Å². The largest absolute Gasteiger partial charge is 0.456 e. The van der Waals surface area contributed by atoms with E-state index in [1.165, 1.54) is 12.1 Å². The minimum absolute atomic E-state index is 0.336. The molecule has 0 aliphatic carbocycles. The summed E-state index contributed by atoms with van der Waals surface area (Å²) in [4.78, 5) is 0. The average molecular weight is 280 g/mol. The molecule has 1 N–H and O–H groups in total. The van der Waals surface area contributed by atoms with Crippen LogP contribution in [-0.2, 0) is 6.54 Å². The summed E-state index contributed by atoms with van der Waals surface area (Å²) in [6, 6.07) is 11.5. The van der Waals surface area contributed by atoms with Gasteiger partial charge >= 0.3 is 0 Å². The predicted octanol–water partition coefficient (Wildman–Crippen LogP) is 4.38. The van der Waals surface area contributed by atoms with Crippen molar-refractivity contribution in [2.75, 3.05) is 6.54 Å². The molecule has 0 saturated carbocycles. The van der Waals surface area contributed by atoms with Crippen LogP contribution in [0.4, 0.5) is 4.39 Å². The van der Waals surface area contributed by atoms with E-state index < -0.39 is 0 Å². The highest BCUT2D eigenvalue weighted by atomic mass is 35.5. The van der Waals surface area contributed by atoms with E-state index in [-0.39, 0.29) is 5.82 Å². The van der Waals surface area contributed by atoms with E-state index in [9.17, 15) is 4.39 Å². The molecule has 0 aliphatic rings. The first kappa shape index (κ1) is 13.8. The predicted molar refractivity (Wildman–Crippen MR) is 75.3 cm³/mol. The van der Waals surface area contributed by atoms with E-state index >= 15 is 0 Å². The van der Waals surface area contributed by atoms with Crippen LogP contribution in [0.5, 0.6) is 11.5 Å². The van der Waals surface area contributed by atoms with E-state index in [4.69, 9.17) is 16.3 Å². The van der Waals surface area contributed by atoms with Crippen LogP contribution in [0.1, 0.15) is 12.5 Å². The summed E-state index contributed by atoms with van der Waals surface area (Å²) in [6.07, 6.45) is 0. The Morgan fingerprint density at radius 3 is 2.74 bits per heavy atom. The van der Waals surface area contributed by atoms with E-state index in [1.807, 2.05) is 19.1 Å². The number of halogens is 2. The second-order valence-electron chi connectivity index (χ2n) is 4.10. The molecule has 0 aromatic heterocycles. The Morgan fingerprint density at radius 1 is 1.21 bits per heavy atom. The molecule has 100 valence electrons. The van der Waals surface area contributed by atoms with Crippen molar-refractivity contribution in [3.63, 3.8) is 0 Å². The van der Waals surface area contributed by atoms with Gasteiger partial charge in [-0.15, -0.1) is 0 Å². The van der Waals surface area contributed by atoms with Gasteiger partial charge in [-0.05, 0) is 36.4 Å². The van der Waals surface area contributed by atoms with E-state index in [1.54, 1.807) is 18.2 Å². The fourth-order valence-electron chi connectivity index (χ4n) is 1.66. The highest BCUT2D eigenvalue weighted by Crippen LogP contribution is 2.30. The highest BCUT2D eigenvalue weighted by Gasteiger charge is 2.05. The molecule has 0 aliphatic heterocycles. The first-order valence-corrected chi connectivity index (χ1v) is 6.49. The highest BCUT2D eigenvalue weighted by molar-refractivity contribution is 6.32. The molecule has 0 bridgehead atoms. The summed E-state index contributed by atoms with van der Waals surface area (Å²) < 4.78 is 18.6. The first-order valence-electron chi connectivity index (χ1n) is 6.11. The van der Waals surface area contributed by atoms with Gasteiger partial charge in [-0.3, -0.25) is 0 Å². The third-order valence-corrected chi connectivity index (χ3v) is 2.89. The fourth-order valence-corrected chi connectivity index (χ4v) is 1.91. The SMILES string of the molecule is CCNCc1ccc(Oc2cccc(F)c2)c(Cl)c1. The lowest BCUT2D eigenvalue weighted by molar-refractivity contribution is 0.476. The number of rotatable bonds is 5. The van der Waals surface area contributed by atoms with Gasteiger partial charge in [0.15, 0.2) is 0 Å². The Labute approximate surface area is 117 Å². The summed E-state index contributed by atoms with van der Waals surface area (Å²) in [5.41, 5.74) is 1.08. The zero-order chi connectivity index (χ0) is 13.7. The smallest absolute Gasteiger partial charge is 0.146 e. The molecular weight excluding hydrogens is 265 g/mol. The second-order valence-corrected chi connectivity index (χ2v) is 4.51. The first-order chi connectivity index (χ1) is 9.19. The molecule has 0 heterocycles. The van der Waals surface area contributed by atoms with Crippen LogP contribution in [0.3, 0.4) is 0 Å². The monoisotopic (exact) mass is 279 g/mol. The Bertz CT molecular complexity index is 560. The van der Waals surface area contributed by atoms with E-state index in [2.05, 4.69) is 5.32 Å². The molecule has 2 aromatic carbocycles. The standard InChI is InChI=1S/C15H15ClFNO/c1-2-18-10-11-6-7-15(14(16)8-11)19-13-5-3-4-12(17)9-13/h3-9,18H,2,10H2,1H3. The quantitative estimate of drug-likeness (QED) is 0.877. The molecule has 19 heavy (non-hydrogen) atoms. The van der Waals surface area contributed by atoms with Crippen LogP contribution in [0, 0.1) is 5.82 Å². The Morgan fingerprint density at radius 2 is 2.05 bits per heavy atom. The van der Waals surface area contributed by atoms with Crippen molar-refractivity contribution in [2.45, 2.75) is 13.5 Å². The molecule has 0 amide bonds. The molecule has 0 unspecified atom stereocenters. The van der Waals surface area contributed by atoms with Gasteiger partial charge in [0.05, 0.1) is 5.02 Å². The molecule has 2 nitrogen and oxygen atoms in total. The molecule has 2 rings (SSSR count). The maximum atomic E-state index is 13.1. The van der Waals surface area contributed by atoms with Gasteiger partial charge in [-0.2, -0.15) is 0 Å². The summed E-state index contributed by atoms with van der Waals surface area (Å²) in [7, 11) is 0. The van der Waals surface area contributed by atoms with Gasteiger partial charge < -0.3 is 10.1 Å². The van der Waals surface area contributed by atoms with Crippen molar-refractivity contribution in [1.82, 2.24) is 5.32 Å². The van der Waals surface area contributed by atoms with E-state index in [0.29, 0.717) is 16.5 Å². The number of hydrogen-bond acceptors (Lipinski definition) is 2. The summed E-state index contributed by atoms with van der Waals surface area (Å²) in [5.74, 6) is 0.617. The van der Waals surface area contributed by atoms with Crippen LogP contribution in [-0.4, -0.2) is 6.54 Å². The minimum Gasteiger partial charge on any atom is -0.456 e. The number of nitrogens with one attached hydrogen (secondary N) is 1. The summed E-state index contributed by atoms with van der Waals surface area (Å²) in [5, 5.41) is 3.73. The zero-order valence-corrected chi connectivity index (χ0v) is 11.4. The van der Waals surface area contributed by atoms with Crippen molar-refractivity contribution in [3.05, 3.63) is 58.9 Å². The third-order valence-electron chi connectivity index (χ3n) is 2.60.